The Morgan fingerprint density at radius 1 is 0.913 bits per heavy atom. The molecule has 1 N–H and O–H groups in total. The van der Waals surface area contributed by atoms with Crippen LogP contribution < -0.4 is 5.32 Å². The van der Waals surface area contributed by atoms with Crippen LogP contribution in [0.5, 0.6) is 0 Å². The van der Waals surface area contributed by atoms with Gasteiger partial charge >= 0.3 is 0 Å². The second-order valence-corrected chi connectivity index (χ2v) is 5.08. The summed E-state index contributed by atoms with van der Waals surface area (Å²) in [5.74, 6) is -0.996. The molecule has 4 heteroatoms. The van der Waals surface area contributed by atoms with E-state index in [0.717, 1.165) is 11.1 Å². The Hall–Kier alpha value is -3.01. The number of rotatable bonds is 4. The van der Waals surface area contributed by atoms with E-state index in [4.69, 9.17) is 0 Å². The molecule has 1 atom stereocenters. The van der Waals surface area contributed by atoms with Crippen molar-refractivity contribution >= 4 is 5.91 Å². The lowest BCUT2D eigenvalue weighted by Gasteiger charge is -2.19. The number of aromatic nitrogens is 1. The van der Waals surface area contributed by atoms with E-state index in [2.05, 4.69) is 10.3 Å². The molecule has 2 aromatic carbocycles. The van der Waals surface area contributed by atoms with Gasteiger partial charge in [-0.25, -0.2) is 4.39 Å². The SMILES string of the molecule is O=C(NC(c1ccccc1)c1cccnc1)c1ccccc1F. The Labute approximate surface area is 133 Å². The van der Waals surface area contributed by atoms with Gasteiger partial charge in [-0.1, -0.05) is 48.5 Å². The fraction of sp³-hybridized carbons (Fsp3) is 0.0526. The number of nitrogens with zero attached hydrogens (tertiary/aromatic N) is 1. The highest BCUT2D eigenvalue weighted by atomic mass is 19.1. The Morgan fingerprint density at radius 3 is 2.30 bits per heavy atom. The molecule has 1 amide bonds. The number of pyridine rings is 1. The molecular weight excluding hydrogens is 291 g/mol. The highest BCUT2D eigenvalue weighted by molar-refractivity contribution is 5.94. The highest BCUT2D eigenvalue weighted by Crippen LogP contribution is 2.22. The van der Waals surface area contributed by atoms with E-state index in [1.165, 1.54) is 12.1 Å². The number of nitrogens with one attached hydrogen (secondary N) is 1. The van der Waals surface area contributed by atoms with E-state index in [1.54, 1.807) is 30.6 Å². The molecule has 0 aliphatic carbocycles. The summed E-state index contributed by atoms with van der Waals surface area (Å²) in [6, 6.07) is 18.8. The van der Waals surface area contributed by atoms with Gasteiger partial charge in [-0.05, 0) is 29.3 Å². The average Bonchev–Trinajstić information content (AvgIpc) is 2.61. The third kappa shape index (κ3) is 3.43. The lowest BCUT2D eigenvalue weighted by Crippen LogP contribution is -2.30. The lowest BCUT2D eigenvalue weighted by molar-refractivity contribution is 0.0939. The minimum Gasteiger partial charge on any atom is -0.341 e. The predicted octanol–water partition coefficient (Wildman–Crippen LogP) is 3.74. The second-order valence-electron chi connectivity index (χ2n) is 5.08. The van der Waals surface area contributed by atoms with Gasteiger partial charge < -0.3 is 5.32 Å². The van der Waals surface area contributed by atoms with Gasteiger partial charge in [0.15, 0.2) is 0 Å². The molecule has 0 aliphatic rings. The number of hydrogen-bond donors (Lipinski definition) is 1. The van der Waals surface area contributed by atoms with Crippen molar-refractivity contribution in [3.63, 3.8) is 0 Å². The van der Waals surface area contributed by atoms with Crippen LogP contribution in [0.2, 0.25) is 0 Å². The first-order valence-corrected chi connectivity index (χ1v) is 7.26. The van der Waals surface area contributed by atoms with Gasteiger partial charge in [-0.15, -0.1) is 0 Å². The fourth-order valence-corrected chi connectivity index (χ4v) is 2.41. The van der Waals surface area contributed by atoms with Crippen molar-refractivity contribution in [1.82, 2.24) is 10.3 Å². The first kappa shape index (κ1) is 14.9. The Balaban J connectivity index is 1.94. The molecule has 0 spiro atoms. The third-order valence-corrected chi connectivity index (χ3v) is 3.54. The summed E-state index contributed by atoms with van der Waals surface area (Å²) in [7, 11) is 0. The molecule has 0 saturated heterocycles. The summed E-state index contributed by atoms with van der Waals surface area (Å²) in [5, 5.41) is 2.89. The molecule has 23 heavy (non-hydrogen) atoms. The molecule has 0 bridgehead atoms. The molecule has 0 aliphatic heterocycles. The summed E-state index contributed by atoms with van der Waals surface area (Å²) in [6.45, 7) is 0. The maximum absolute atomic E-state index is 13.8. The van der Waals surface area contributed by atoms with E-state index in [0.29, 0.717) is 0 Å². The number of hydrogen-bond acceptors (Lipinski definition) is 2. The van der Waals surface area contributed by atoms with Crippen LogP contribution in [-0.4, -0.2) is 10.9 Å². The van der Waals surface area contributed by atoms with Gasteiger partial charge in [-0.2, -0.15) is 0 Å². The van der Waals surface area contributed by atoms with Crippen molar-refractivity contribution in [3.8, 4) is 0 Å². The lowest BCUT2D eigenvalue weighted by atomic mass is 9.99. The molecule has 1 aromatic heterocycles. The van der Waals surface area contributed by atoms with Gasteiger partial charge in [0.2, 0.25) is 0 Å². The van der Waals surface area contributed by atoms with Crippen molar-refractivity contribution in [2.45, 2.75) is 6.04 Å². The summed E-state index contributed by atoms with van der Waals surface area (Å²) in [5.41, 5.74) is 1.77. The van der Waals surface area contributed by atoms with E-state index in [9.17, 15) is 9.18 Å². The van der Waals surface area contributed by atoms with E-state index >= 15 is 0 Å². The molecule has 0 radical (unpaired) electrons. The normalized spacial score (nSPS) is 11.7. The van der Waals surface area contributed by atoms with Crippen LogP contribution in [-0.2, 0) is 0 Å². The minimum atomic E-state index is -0.539. The van der Waals surface area contributed by atoms with Gasteiger partial charge in [0.25, 0.3) is 5.91 Å². The zero-order chi connectivity index (χ0) is 16.1. The first-order chi connectivity index (χ1) is 11.3. The molecule has 3 nitrogen and oxygen atoms in total. The number of benzene rings is 2. The van der Waals surface area contributed by atoms with Gasteiger partial charge in [0, 0.05) is 12.4 Å². The van der Waals surface area contributed by atoms with Crippen LogP contribution in [0.1, 0.15) is 27.5 Å². The van der Waals surface area contributed by atoms with Gasteiger partial charge in [0.1, 0.15) is 5.82 Å². The molecule has 0 saturated carbocycles. The van der Waals surface area contributed by atoms with Crippen LogP contribution >= 0.6 is 0 Å². The molecule has 1 heterocycles. The Bertz CT molecular complexity index is 751. The topological polar surface area (TPSA) is 42.0 Å². The molecule has 3 aromatic rings. The smallest absolute Gasteiger partial charge is 0.255 e. The highest BCUT2D eigenvalue weighted by Gasteiger charge is 2.19. The summed E-state index contributed by atoms with van der Waals surface area (Å²) in [6.07, 6.45) is 3.36. The largest absolute Gasteiger partial charge is 0.341 e. The van der Waals surface area contributed by atoms with Crippen molar-refractivity contribution < 1.29 is 9.18 Å². The molecule has 1 unspecified atom stereocenters. The molecular formula is C19H15FN2O. The number of halogens is 1. The van der Waals surface area contributed by atoms with Crippen molar-refractivity contribution in [2.75, 3.05) is 0 Å². The average molecular weight is 306 g/mol. The zero-order valence-electron chi connectivity index (χ0n) is 12.3. The van der Waals surface area contributed by atoms with Crippen molar-refractivity contribution in [1.29, 1.82) is 0 Å². The molecule has 114 valence electrons. The van der Waals surface area contributed by atoms with Crippen LogP contribution in [0.4, 0.5) is 4.39 Å². The summed E-state index contributed by atoms with van der Waals surface area (Å²) in [4.78, 5) is 16.6. The maximum atomic E-state index is 13.8. The first-order valence-electron chi connectivity index (χ1n) is 7.26. The summed E-state index contributed by atoms with van der Waals surface area (Å²) < 4.78 is 13.8. The van der Waals surface area contributed by atoms with Crippen LogP contribution in [0.15, 0.2) is 79.1 Å². The number of amides is 1. The van der Waals surface area contributed by atoms with Gasteiger partial charge in [-0.3, -0.25) is 9.78 Å². The molecule has 3 rings (SSSR count). The number of carbonyl (C=O) groups excluding carboxylic acids is 1. The third-order valence-electron chi connectivity index (χ3n) is 3.54. The van der Waals surface area contributed by atoms with Gasteiger partial charge in [0.05, 0.1) is 11.6 Å². The number of carbonyl (C=O) groups is 1. The quantitative estimate of drug-likeness (QED) is 0.798. The molecule has 0 fully saturated rings. The minimum absolute atomic E-state index is 0.0253. The fourth-order valence-electron chi connectivity index (χ4n) is 2.41. The van der Waals surface area contributed by atoms with Crippen LogP contribution in [0.25, 0.3) is 0 Å². The van der Waals surface area contributed by atoms with E-state index in [-0.39, 0.29) is 5.56 Å². The van der Waals surface area contributed by atoms with E-state index in [1.807, 2.05) is 36.4 Å². The standard InChI is InChI=1S/C19H15FN2O/c20-17-11-5-4-10-16(17)19(23)22-18(14-7-2-1-3-8-14)15-9-6-12-21-13-15/h1-13,18H,(H,22,23). The summed E-state index contributed by atoms with van der Waals surface area (Å²) >= 11 is 0. The van der Waals surface area contributed by atoms with Crippen LogP contribution in [0.3, 0.4) is 0 Å². The second kappa shape index (κ2) is 6.83. The Kier molecular flexibility index (Phi) is 4.43. The zero-order valence-corrected chi connectivity index (χ0v) is 12.3. The predicted molar refractivity (Wildman–Crippen MR) is 86.4 cm³/mol. The van der Waals surface area contributed by atoms with Crippen molar-refractivity contribution in [2.24, 2.45) is 0 Å². The van der Waals surface area contributed by atoms with Crippen molar-refractivity contribution in [3.05, 3.63) is 102 Å². The maximum Gasteiger partial charge on any atom is 0.255 e. The van der Waals surface area contributed by atoms with E-state index < -0.39 is 17.8 Å². The monoisotopic (exact) mass is 306 g/mol. The Morgan fingerprint density at radius 2 is 1.61 bits per heavy atom. The van der Waals surface area contributed by atoms with Crippen LogP contribution in [0, 0.1) is 5.82 Å².